The molecule has 3 nitrogen and oxygen atoms in total. The molecule has 0 aliphatic carbocycles. The summed E-state index contributed by atoms with van der Waals surface area (Å²) in [6.45, 7) is 3.94. The number of nitrogens with zero attached hydrogens (tertiary/aromatic N) is 1. The summed E-state index contributed by atoms with van der Waals surface area (Å²) in [7, 11) is 0. The topological polar surface area (TPSA) is 52.0 Å². The van der Waals surface area contributed by atoms with Gasteiger partial charge in [-0.25, -0.2) is 0 Å². The van der Waals surface area contributed by atoms with Crippen LogP contribution in [-0.2, 0) is 0 Å². The normalized spacial score (nSPS) is 13.5. The monoisotopic (exact) mass is 140 g/mol. The van der Waals surface area contributed by atoms with Crippen molar-refractivity contribution in [3.63, 3.8) is 0 Å². The fourth-order valence-electron chi connectivity index (χ4n) is 0.876. The molecule has 1 aromatic heterocycles. The Hall–Kier alpha value is -0.830. The maximum atomic E-state index is 5.74. The Kier molecular flexibility index (Phi) is 2.06. The molecule has 10 heavy (non-hydrogen) atoms. The highest BCUT2D eigenvalue weighted by atomic mass is 16.5. The third-order valence-electron chi connectivity index (χ3n) is 1.63. The van der Waals surface area contributed by atoms with Crippen LogP contribution in [-0.4, -0.2) is 5.16 Å². The first kappa shape index (κ1) is 7.28. The first-order valence-electron chi connectivity index (χ1n) is 3.42. The molecule has 0 aliphatic heterocycles. The van der Waals surface area contributed by atoms with E-state index in [1.165, 1.54) is 0 Å². The fourth-order valence-corrected chi connectivity index (χ4v) is 0.876. The van der Waals surface area contributed by atoms with Crippen molar-refractivity contribution >= 4 is 0 Å². The second-order valence-corrected chi connectivity index (χ2v) is 2.37. The predicted octanol–water partition coefficient (Wildman–Crippen LogP) is 1.39. The molecule has 1 rings (SSSR count). The molecular formula is C7H12N2O. The van der Waals surface area contributed by atoms with Gasteiger partial charge in [-0.2, -0.15) is 0 Å². The molecule has 0 fully saturated rings. The minimum atomic E-state index is 0.0752. The summed E-state index contributed by atoms with van der Waals surface area (Å²) in [6.07, 6.45) is 2.53. The number of aryl methyl sites for hydroxylation is 1. The molecule has 1 atom stereocenters. The summed E-state index contributed by atoms with van der Waals surface area (Å²) < 4.78 is 4.74. The number of hydrogen-bond donors (Lipinski definition) is 1. The second kappa shape index (κ2) is 2.84. The molecule has 0 aliphatic rings. The number of hydrogen-bond acceptors (Lipinski definition) is 3. The third-order valence-corrected chi connectivity index (χ3v) is 1.63. The molecule has 0 saturated heterocycles. The molecule has 0 amide bonds. The van der Waals surface area contributed by atoms with Crippen LogP contribution in [0.1, 0.15) is 30.6 Å². The first-order valence-corrected chi connectivity index (χ1v) is 3.42. The molecule has 1 heterocycles. The van der Waals surface area contributed by atoms with Gasteiger partial charge < -0.3 is 10.3 Å². The van der Waals surface area contributed by atoms with Crippen molar-refractivity contribution in [1.29, 1.82) is 0 Å². The lowest BCUT2D eigenvalue weighted by Crippen LogP contribution is -2.08. The summed E-state index contributed by atoms with van der Waals surface area (Å²) in [4.78, 5) is 0. The van der Waals surface area contributed by atoms with Gasteiger partial charge in [-0.15, -0.1) is 0 Å². The van der Waals surface area contributed by atoms with Crippen LogP contribution < -0.4 is 5.73 Å². The van der Waals surface area contributed by atoms with E-state index in [-0.39, 0.29) is 6.04 Å². The molecule has 0 spiro atoms. The van der Waals surface area contributed by atoms with Crippen LogP contribution >= 0.6 is 0 Å². The summed E-state index contributed by atoms with van der Waals surface area (Å²) in [5, 5.41) is 3.73. The predicted molar refractivity (Wildman–Crippen MR) is 38.5 cm³/mol. The van der Waals surface area contributed by atoms with Crippen molar-refractivity contribution in [1.82, 2.24) is 5.16 Å². The first-order chi connectivity index (χ1) is 4.75. The molecule has 1 aromatic rings. The Labute approximate surface area is 60.2 Å². The van der Waals surface area contributed by atoms with Crippen LogP contribution in [0.3, 0.4) is 0 Å². The van der Waals surface area contributed by atoms with E-state index in [0.29, 0.717) is 0 Å². The zero-order valence-corrected chi connectivity index (χ0v) is 6.29. The van der Waals surface area contributed by atoms with Gasteiger partial charge in [-0.3, -0.25) is 0 Å². The highest BCUT2D eigenvalue weighted by Crippen LogP contribution is 2.15. The van der Waals surface area contributed by atoms with E-state index in [4.69, 9.17) is 10.3 Å². The Morgan fingerprint density at radius 2 is 2.50 bits per heavy atom. The molecule has 0 radical (unpaired) electrons. The largest absolute Gasteiger partial charge is 0.364 e. The highest BCUT2D eigenvalue weighted by Gasteiger charge is 2.08. The second-order valence-electron chi connectivity index (χ2n) is 2.37. The fraction of sp³-hybridized carbons (Fsp3) is 0.571. The molecule has 0 saturated carbocycles. The van der Waals surface area contributed by atoms with E-state index in [1.807, 2.05) is 13.8 Å². The van der Waals surface area contributed by atoms with E-state index < -0.39 is 0 Å². The van der Waals surface area contributed by atoms with Crippen molar-refractivity contribution < 1.29 is 4.52 Å². The van der Waals surface area contributed by atoms with Gasteiger partial charge >= 0.3 is 0 Å². The van der Waals surface area contributed by atoms with Crippen molar-refractivity contribution in [2.75, 3.05) is 0 Å². The number of rotatable bonds is 2. The SMILES string of the molecule is CC[C@H](N)c1conc1C. The quantitative estimate of drug-likeness (QED) is 0.675. The van der Waals surface area contributed by atoms with Gasteiger partial charge in [-0.1, -0.05) is 12.1 Å². The van der Waals surface area contributed by atoms with Gasteiger partial charge in [0.2, 0.25) is 0 Å². The molecule has 2 N–H and O–H groups in total. The van der Waals surface area contributed by atoms with E-state index in [1.54, 1.807) is 6.26 Å². The Morgan fingerprint density at radius 1 is 1.80 bits per heavy atom. The molecule has 0 unspecified atom stereocenters. The van der Waals surface area contributed by atoms with Gasteiger partial charge in [0, 0.05) is 11.6 Å². The number of nitrogens with two attached hydrogens (primary N) is 1. The minimum absolute atomic E-state index is 0.0752. The van der Waals surface area contributed by atoms with Crippen LogP contribution in [0.2, 0.25) is 0 Å². The average molecular weight is 140 g/mol. The molecular weight excluding hydrogens is 128 g/mol. The van der Waals surface area contributed by atoms with Gasteiger partial charge in [0.1, 0.15) is 6.26 Å². The lowest BCUT2D eigenvalue weighted by molar-refractivity contribution is 0.413. The Morgan fingerprint density at radius 3 is 2.90 bits per heavy atom. The average Bonchev–Trinajstić information content (AvgIpc) is 2.34. The minimum Gasteiger partial charge on any atom is -0.364 e. The zero-order chi connectivity index (χ0) is 7.56. The van der Waals surface area contributed by atoms with E-state index in [9.17, 15) is 0 Å². The maximum Gasteiger partial charge on any atom is 0.128 e. The molecule has 0 bridgehead atoms. The van der Waals surface area contributed by atoms with Crippen molar-refractivity contribution in [2.24, 2.45) is 5.73 Å². The maximum absolute atomic E-state index is 5.74. The van der Waals surface area contributed by atoms with Crippen LogP contribution in [0.15, 0.2) is 10.8 Å². The smallest absolute Gasteiger partial charge is 0.128 e. The van der Waals surface area contributed by atoms with Crippen LogP contribution in [0.4, 0.5) is 0 Å². The summed E-state index contributed by atoms with van der Waals surface area (Å²) >= 11 is 0. The van der Waals surface area contributed by atoms with E-state index in [0.717, 1.165) is 17.7 Å². The molecule has 3 heteroatoms. The van der Waals surface area contributed by atoms with Crippen LogP contribution in [0.5, 0.6) is 0 Å². The Bertz CT molecular complexity index is 207. The van der Waals surface area contributed by atoms with Gasteiger partial charge in [0.25, 0.3) is 0 Å². The van der Waals surface area contributed by atoms with Crippen molar-refractivity contribution in [3.05, 3.63) is 17.5 Å². The summed E-state index contributed by atoms with van der Waals surface area (Å²) in [5.74, 6) is 0. The molecule has 0 aromatic carbocycles. The van der Waals surface area contributed by atoms with Gasteiger partial charge in [0.05, 0.1) is 5.69 Å². The van der Waals surface area contributed by atoms with Crippen LogP contribution in [0.25, 0.3) is 0 Å². The standard InChI is InChI=1S/C7H12N2O/c1-3-7(8)6-4-10-9-5(6)2/h4,7H,3,8H2,1-2H3/t7-/m0/s1. The third kappa shape index (κ3) is 1.19. The van der Waals surface area contributed by atoms with Crippen molar-refractivity contribution in [3.8, 4) is 0 Å². The summed E-state index contributed by atoms with van der Waals surface area (Å²) in [5.41, 5.74) is 7.65. The lowest BCUT2D eigenvalue weighted by Gasteiger charge is -2.03. The highest BCUT2D eigenvalue weighted by molar-refractivity contribution is 5.16. The number of aromatic nitrogens is 1. The van der Waals surface area contributed by atoms with Crippen LogP contribution in [0, 0.1) is 6.92 Å². The summed E-state index contributed by atoms with van der Waals surface area (Å²) in [6, 6.07) is 0.0752. The van der Waals surface area contributed by atoms with Crippen molar-refractivity contribution in [2.45, 2.75) is 26.3 Å². The van der Waals surface area contributed by atoms with E-state index >= 15 is 0 Å². The van der Waals surface area contributed by atoms with E-state index in [2.05, 4.69) is 5.16 Å². The molecule has 56 valence electrons. The van der Waals surface area contributed by atoms with Gasteiger partial charge in [-0.05, 0) is 13.3 Å². The van der Waals surface area contributed by atoms with Gasteiger partial charge in [0.15, 0.2) is 0 Å². The lowest BCUT2D eigenvalue weighted by atomic mass is 10.1. The zero-order valence-electron chi connectivity index (χ0n) is 6.29. The Balaban J connectivity index is 2.82.